The van der Waals surface area contributed by atoms with Crippen LogP contribution in [0.25, 0.3) is 11.4 Å². The first-order chi connectivity index (χ1) is 17.6. The van der Waals surface area contributed by atoms with Gasteiger partial charge in [0.15, 0.2) is 11.5 Å². The van der Waals surface area contributed by atoms with Gasteiger partial charge in [-0.1, -0.05) is 17.3 Å². The number of likely N-dealkylation sites (tertiary alicyclic amines) is 1. The number of carbonyl (C=O) groups excluding carboxylic acids is 1. The predicted octanol–water partition coefficient (Wildman–Crippen LogP) is 4.15. The molecule has 1 N–H and O–H groups in total. The summed E-state index contributed by atoms with van der Waals surface area (Å²) in [7, 11) is 3.17. The maximum absolute atomic E-state index is 13.0. The minimum Gasteiger partial charge on any atom is -0.493 e. The Kier molecular flexibility index (Phi) is 9.18. The zero-order valence-electron chi connectivity index (χ0n) is 20.5. The lowest BCUT2D eigenvalue weighted by molar-refractivity contribution is -0.126. The normalized spacial score (nSPS) is 16.0. The molecule has 0 saturated carbocycles. The molecule has 36 heavy (non-hydrogen) atoms. The van der Waals surface area contributed by atoms with E-state index in [1.807, 2.05) is 12.1 Å². The average molecular weight is 515 g/mol. The molecule has 4 rings (SSSR count). The first-order valence-electron chi connectivity index (χ1n) is 11.9. The minimum atomic E-state index is -0.227. The molecule has 0 spiro atoms. The van der Waals surface area contributed by atoms with Crippen LogP contribution in [0, 0.1) is 11.7 Å². The van der Waals surface area contributed by atoms with Crippen LogP contribution in [0.3, 0.4) is 0 Å². The molecule has 2 heterocycles. The summed E-state index contributed by atoms with van der Waals surface area (Å²) in [5, 5.41) is 7.17. The van der Waals surface area contributed by atoms with E-state index in [0.717, 1.165) is 42.0 Å². The van der Waals surface area contributed by atoms with Crippen LogP contribution in [-0.2, 0) is 17.1 Å². The van der Waals surface area contributed by atoms with E-state index in [2.05, 4.69) is 20.4 Å². The second kappa shape index (κ2) is 12.7. The quantitative estimate of drug-likeness (QED) is 0.382. The van der Waals surface area contributed by atoms with E-state index < -0.39 is 0 Å². The maximum Gasteiger partial charge on any atom is 0.241 e. The van der Waals surface area contributed by atoms with Gasteiger partial charge in [-0.2, -0.15) is 16.7 Å². The van der Waals surface area contributed by atoms with Crippen molar-refractivity contribution in [2.75, 3.05) is 39.6 Å². The predicted molar refractivity (Wildman–Crippen MR) is 136 cm³/mol. The van der Waals surface area contributed by atoms with Gasteiger partial charge in [-0.3, -0.25) is 9.69 Å². The van der Waals surface area contributed by atoms with Crippen LogP contribution in [0.15, 0.2) is 47.0 Å². The summed E-state index contributed by atoms with van der Waals surface area (Å²) < 4.78 is 29.1. The van der Waals surface area contributed by atoms with E-state index in [4.69, 9.17) is 14.0 Å². The number of carbonyl (C=O) groups is 1. The van der Waals surface area contributed by atoms with Crippen LogP contribution in [-0.4, -0.2) is 60.6 Å². The average Bonchev–Trinajstić information content (AvgIpc) is 3.37. The number of benzene rings is 2. The molecule has 0 bridgehead atoms. The molecular formula is C26H31FN4O4S. The SMILES string of the molecule is COc1ccc(-c2noc(CN3CCCC(C(=O)NCCSCc4ccc(F)cc4)C3)n2)cc1OC. The van der Waals surface area contributed by atoms with Gasteiger partial charge in [0, 0.05) is 30.2 Å². The lowest BCUT2D eigenvalue weighted by Crippen LogP contribution is -2.43. The molecule has 192 valence electrons. The van der Waals surface area contributed by atoms with E-state index in [0.29, 0.717) is 42.8 Å². The number of thioether (sulfide) groups is 1. The lowest BCUT2D eigenvalue weighted by Gasteiger charge is -2.30. The van der Waals surface area contributed by atoms with Crippen LogP contribution in [0.1, 0.15) is 24.3 Å². The number of rotatable bonds is 11. The second-order valence-electron chi connectivity index (χ2n) is 8.63. The Labute approximate surface area is 214 Å². The summed E-state index contributed by atoms with van der Waals surface area (Å²) >= 11 is 1.72. The highest BCUT2D eigenvalue weighted by atomic mass is 32.2. The van der Waals surface area contributed by atoms with Crippen LogP contribution < -0.4 is 14.8 Å². The molecule has 1 unspecified atom stereocenters. The smallest absolute Gasteiger partial charge is 0.241 e. The monoisotopic (exact) mass is 514 g/mol. The van der Waals surface area contributed by atoms with Crippen molar-refractivity contribution in [3.05, 3.63) is 59.7 Å². The summed E-state index contributed by atoms with van der Waals surface area (Å²) in [6, 6.07) is 12.0. The van der Waals surface area contributed by atoms with Crippen molar-refractivity contribution in [2.45, 2.75) is 25.1 Å². The zero-order valence-corrected chi connectivity index (χ0v) is 21.4. The number of piperidine rings is 1. The van der Waals surface area contributed by atoms with Crippen LogP contribution in [0.5, 0.6) is 11.5 Å². The van der Waals surface area contributed by atoms with Gasteiger partial charge < -0.3 is 19.3 Å². The van der Waals surface area contributed by atoms with Gasteiger partial charge in [0.1, 0.15) is 5.82 Å². The molecular weight excluding hydrogens is 483 g/mol. The Morgan fingerprint density at radius 2 is 2.00 bits per heavy atom. The number of ether oxygens (including phenoxy) is 2. The number of hydrogen-bond donors (Lipinski definition) is 1. The van der Waals surface area contributed by atoms with E-state index in [1.165, 1.54) is 12.1 Å². The van der Waals surface area contributed by atoms with Crippen molar-refractivity contribution in [1.29, 1.82) is 0 Å². The third kappa shape index (κ3) is 6.98. The maximum atomic E-state index is 13.0. The third-order valence-electron chi connectivity index (χ3n) is 6.07. The zero-order chi connectivity index (χ0) is 25.3. The molecule has 10 heteroatoms. The highest BCUT2D eigenvalue weighted by molar-refractivity contribution is 7.98. The largest absolute Gasteiger partial charge is 0.493 e. The van der Waals surface area contributed by atoms with Gasteiger partial charge in [0.25, 0.3) is 0 Å². The number of amides is 1. The molecule has 1 aromatic heterocycles. The molecule has 0 radical (unpaired) electrons. The Morgan fingerprint density at radius 1 is 1.19 bits per heavy atom. The van der Waals surface area contributed by atoms with Crippen molar-refractivity contribution in [1.82, 2.24) is 20.4 Å². The molecule has 3 aromatic rings. The summed E-state index contributed by atoms with van der Waals surface area (Å²) in [5.41, 5.74) is 1.85. The van der Waals surface area contributed by atoms with Crippen LogP contribution >= 0.6 is 11.8 Å². The number of nitrogens with zero attached hydrogens (tertiary/aromatic N) is 3. The van der Waals surface area contributed by atoms with Gasteiger partial charge in [0.2, 0.25) is 17.6 Å². The first kappa shape index (κ1) is 26.0. The van der Waals surface area contributed by atoms with Gasteiger partial charge in [-0.25, -0.2) is 4.39 Å². The number of hydrogen-bond acceptors (Lipinski definition) is 8. The third-order valence-corrected chi connectivity index (χ3v) is 7.10. The van der Waals surface area contributed by atoms with Crippen LogP contribution in [0.2, 0.25) is 0 Å². The Hall–Kier alpha value is -3.11. The summed E-state index contributed by atoms with van der Waals surface area (Å²) in [4.78, 5) is 19.4. The fourth-order valence-electron chi connectivity index (χ4n) is 4.18. The van der Waals surface area contributed by atoms with Crippen molar-refractivity contribution in [3.8, 4) is 22.9 Å². The molecule has 1 atom stereocenters. The fourth-order valence-corrected chi connectivity index (χ4v) is 5.00. The van der Waals surface area contributed by atoms with Crippen molar-refractivity contribution >= 4 is 17.7 Å². The minimum absolute atomic E-state index is 0.0610. The summed E-state index contributed by atoms with van der Waals surface area (Å²) in [6.45, 7) is 2.64. The van der Waals surface area contributed by atoms with Gasteiger partial charge in [-0.15, -0.1) is 0 Å². The fraction of sp³-hybridized carbons (Fsp3) is 0.423. The Morgan fingerprint density at radius 3 is 2.78 bits per heavy atom. The Bertz CT molecular complexity index is 1140. The topological polar surface area (TPSA) is 89.7 Å². The summed E-state index contributed by atoms with van der Waals surface area (Å²) in [6.07, 6.45) is 1.81. The highest BCUT2D eigenvalue weighted by Crippen LogP contribution is 2.31. The second-order valence-corrected chi connectivity index (χ2v) is 9.73. The molecule has 1 amide bonds. The van der Waals surface area contributed by atoms with Gasteiger partial charge in [-0.05, 0) is 55.3 Å². The molecule has 1 saturated heterocycles. The number of methoxy groups -OCH3 is 2. The van der Waals surface area contributed by atoms with Crippen molar-refractivity contribution < 1.29 is 23.2 Å². The highest BCUT2D eigenvalue weighted by Gasteiger charge is 2.26. The molecule has 1 aliphatic rings. The van der Waals surface area contributed by atoms with Crippen LogP contribution in [0.4, 0.5) is 4.39 Å². The number of nitrogens with one attached hydrogen (secondary N) is 1. The number of halogens is 1. The standard InChI is InChI=1S/C26H31FN4O4S/c1-33-22-10-7-19(14-23(22)34-2)25-29-24(35-30-25)16-31-12-3-4-20(15-31)26(32)28-11-13-36-17-18-5-8-21(27)9-6-18/h5-10,14,20H,3-4,11-13,15-17H2,1-2H3,(H,28,32). The molecule has 1 fully saturated rings. The Balaban J connectivity index is 1.22. The lowest BCUT2D eigenvalue weighted by atomic mass is 9.97. The van der Waals surface area contributed by atoms with Crippen molar-refractivity contribution in [3.63, 3.8) is 0 Å². The van der Waals surface area contributed by atoms with E-state index in [9.17, 15) is 9.18 Å². The van der Waals surface area contributed by atoms with E-state index in [1.54, 1.807) is 44.2 Å². The molecule has 0 aliphatic carbocycles. The summed E-state index contributed by atoms with van der Waals surface area (Å²) in [5.74, 6) is 3.62. The number of aromatic nitrogens is 2. The first-order valence-corrected chi connectivity index (χ1v) is 13.1. The van der Waals surface area contributed by atoms with E-state index in [-0.39, 0.29) is 17.6 Å². The van der Waals surface area contributed by atoms with Crippen molar-refractivity contribution in [2.24, 2.45) is 5.92 Å². The van der Waals surface area contributed by atoms with E-state index >= 15 is 0 Å². The molecule has 1 aliphatic heterocycles. The molecule has 8 nitrogen and oxygen atoms in total. The van der Waals surface area contributed by atoms with Gasteiger partial charge in [0.05, 0.1) is 26.7 Å². The molecule has 2 aromatic carbocycles. The van der Waals surface area contributed by atoms with Gasteiger partial charge >= 0.3 is 0 Å².